The predicted octanol–water partition coefficient (Wildman–Crippen LogP) is 2.12. The molecule has 1 atom stereocenters. The van der Waals surface area contributed by atoms with E-state index < -0.39 is 5.54 Å². The van der Waals surface area contributed by atoms with Crippen molar-refractivity contribution in [1.82, 2.24) is 0 Å². The van der Waals surface area contributed by atoms with Gasteiger partial charge in [-0.25, -0.2) is 0 Å². The number of carbonyl (C=O) groups is 1. The Hall–Kier alpha value is -1.35. The minimum absolute atomic E-state index is 0.198. The van der Waals surface area contributed by atoms with Crippen molar-refractivity contribution in [3.05, 3.63) is 35.4 Å². The van der Waals surface area contributed by atoms with Crippen LogP contribution in [0.1, 0.15) is 31.4 Å². The van der Waals surface area contributed by atoms with E-state index in [1.807, 2.05) is 38.1 Å². The zero-order chi connectivity index (χ0) is 12.2. The zero-order valence-corrected chi connectivity index (χ0v) is 10.1. The van der Waals surface area contributed by atoms with Gasteiger partial charge >= 0.3 is 5.97 Å². The fourth-order valence-corrected chi connectivity index (χ4v) is 1.55. The second-order valence-corrected chi connectivity index (χ2v) is 4.27. The predicted molar refractivity (Wildman–Crippen MR) is 64.0 cm³/mol. The molecule has 1 aromatic rings. The minimum atomic E-state index is -0.667. The second kappa shape index (κ2) is 5.12. The molecule has 16 heavy (non-hydrogen) atoms. The Morgan fingerprint density at radius 1 is 1.38 bits per heavy atom. The first kappa shape index (κ1) is 12.7. The molecular weight excluding hydrogens is 202 g/mol. The molecule has 0 amide bonds. The highest BCUT2D eigenvalue weighted by molar-refractivity contribution is 5.71. The summed E-state index contributed by atoms with van der Waals surface area (Å²) in [5, 5.41) is 0. The van der Waals surface area contributed by atoms with Gasteiger partial charge in [0.05, 0.1) is 13.0 Å². The maximum atomic E-state index is 11.4. The van der Waals surface area contributed by atoms with E-state index in [2.05, 4.69) is 0 Å². The van der Waals surface area contributed by atoms with Gasteiger partial charge in [0.2, 0.25) is 0 Å². The molecule has 0 aromatic heterocycles. The fourth-order valence-electron chi connectivity index (χ4n) is 1.55. The molecule has 0 saturated heterocycles. The van der Waals surface area contributed by atoms with E-state index >= 15 is 0 Å². The number of rotatable bonds is 4. The standard InChI is InChI=1S/C13H19NO2/c1-4-16-12(15)9-13(3,14)11-7-5-10(2)6-8-11/h5-8H,4,9,14H2,1-3H3. The SMILES string of the molecule is CCOC(=O)CC(C)(N)c1ccc(C)cc1. The number of ether oxygens (including phenoxy) is 1. The van der Waals surface area contributed by atoms with Crippen LogP contribution >= 0.6 is 0 Å². The summed E-state index contributed by atoms with van der Waals surface area (Å²) in [6.07, 6.45) is 0.198. The summed E-state index contributed by atoms with van der Waals surface area (Å²) >= 11 is 0. The molecule has 0 radical (unpaired) electrons. The fraction of sp³-hybridized carbons (Fsp3) is 0.462. The summed E-state index contributed by atoms with van der Waals surface area (Å²) in [7, 11) is 0. The molecule has 0 aliphatic rings. The van der Waals surface area contributed by atoms with Gasteiger partial charge in [0.25, 0.3) is 0 Å². The third kappa shape index (κ3) is 3.35. The average Bonchev–Trinajstić information content (AvgIpc) is 2.17. The summed E-state index contributed by atoms with van der Waals surface area (Å²) in [6.45, 7) is 6.04. The first-order valence-electron chi connectivity index (χ1n) is 5.47. The molecule has 1 aromatic carbocycles. The molecule has 0 spiro atoms. The van der Waals surface area contributed by atoms with Crippen LogP contribution in [0.5, 0.6) is 0 Å². The molecule has 1 unspecified atom stereocenters. The third-order valence-electron chi connectivity index (χ3n) is 2.53. The quantitative estimate of drug-likeness (QED) is 0.792. The molecule has 2 N–H and O–H groups in total. The van der Waals surface area contributed by atoms with Crippen LogP contribution in [0.2, 0.25) is 0 Å². The highest BCUT2D eigenvalue weighted by Crippen LogP contribution is 2.22. The Balaban J connectivity index is 2.76. The van der Waals surface area contributed by atoms with E-state index in [0.717, 1.165) is 5.56 Å². The van der Waals surface area contributed by atoms with Gasteiger partial charge in [0.1, 0.15) is 0 Å². The Morgan fingerprint density at radius 2 is 1.94 bits per heavy atom. The number of nitrogens with two attached hydrogens (primary N) is 1. The lowest BCUT2D eigenvalue weighted by Gasteiger charge is -2.24. The van der Waals surface area contributed by atoms with Gasteiger partial charge in [-0.05, 0) is 26.3 Å². The Morgan fingerprint density at radius 3 is 2.44 bits per heavy atom. The normalized spacial score (nSPS) is 14.2. The molecule has 0 bridgehead atoms. The highest BCUT2D eigenvalue weighted by Gasteiger charge is 2.25. The largest absolute Gasteiger partial charge is 0.466 e. The lowest BCUT2D eigenvalue weighted by atomic mass is 9.89. The van der Waals surface area contributed by atoms with Crippen LogP contribution in [0.15, 0.2) is 24.3 Å². The van der Waals surface area contributed by atoms with E-state index in [1.54, 1.807) is 6.92 Å². The second-order valence-electron chi connectivity index (χ2n) is 4.27. The summed E-state index contributed by atoms with van der Waals surface area (Å²) in [4.78, 5) is 11.4. The summed E-state index contributed by atoms with van der Waals surface area (Å²) in [5.74, 6) is -0.256. The number of aryl methyl sites for hydroxylation is 1. The highest BCUT2D eigenvalue weighted by atomic mass is 16.5. The van der Waals surface area contributed by atoms with E-state index in [4.69, 9.17) is 10.5 Å². The Labute approximate surface area is 96.6 Å². The van der Waals surface area contributed by atoms with Crippen molar-refractivity contribution < 1.29 is 9.53 Å². The van der Waals surface area contributed by atoms with Crippen LogP contribution < -0.4 is 5.73 Å². The number of hydrogen-bond acceptors (Lipinski definition) is 3. The molecule has 1 rings (SSSR count). The smallest absolute Gasteiger partial charge is 0.307 e. The zero-order valence-electron chi connectivity index (χ0n) is 10.1. The minimum Gasteiger partial charge on any atom is -0.466 e. The van der Waals surface area contributed by atoms with Crippen LogP contribution in [-0.2, 0) is 15.1 Å². The van der Waals surface area contributed by atoms with Gasteiger partial charge in [-0.1, -0.05) is 29.8 Å². The van der Waals surface area contributed by atoms with Crippen molar-refractivity contribution in [2.45, 2.75) is 32.7 Å². The van der Waals surface area contributed by atoms with Gasteiger partial charge in [-0.2, -0.15) is 0 Å². The monoisotopic (exact) mass is 221 g/mol. The molecule has 88 valence electrons. The summed E-state index contributed by atoms with van der Waals surface area (Å²) in [5.41, 5.74) is 7.58. The average molecular weight is 221 g/mol. The van der Waals surface area contributed by atoms with Crippen molar-refractivity contribution in [1.29, 1.82) is 0 Å². The Bertz CT molecular complexity index is 355. The van der Waals surface area contributed by atoms with E-state index in [0.29, 0.717) is 6.61 Å². The first-order chi connectivity index (χ1) is 7.45. The van der Waals surface area contributed by atoms with Crippen molar-refractivity contribution >= 4 is 5.97 Å². The molecule has 3 heteroatoms. The van der Waals surface area contributed by atoms with Gasteiger partial charge < -0.3 is 10.5 Å². The lowest BCUT2D eigenvalue weighted by molar-refractivity contribution is -0.144. The molecule has 0 aliphatic heterocycles. The summed E-state index contributed by atoms with van der Waals surface area (Å²) in [6, 6.07) is 7.89. The number of hydrogen-bond donors (Lipinski definition) is 1. The Kier molecular flexibility index (Phi) is 4.07. The number of esters is 1. The van der Waals surface area contributed by atoms with E-state index in [-0.39, 0.29) is 12.4 Å². The van der Waals surface area contributed by atoms with Crippen LogP contribution in [-0.4, -0.2) is 12.6 Å². The van der Waals surface area contributed by atoms with Gasteiger partial charge in [0, 0.05) is 5.54 Å². The maximum absolute atomic E-state index is 11.4. The van der Waals surface area contributed by atoms with Gasteiger partial charge in [0.15, 0.2) is 0 Å². The first-order valence-corrected chi connectivity index (χ1v) is 5.47. The molecular formula is C13H19NO2. The van der Waals surface area contributed by atoms with E-state index in [1.165, 1.54) is 5.56 Å². The third-order valence-corrected chi connectivity index (χ3v) is 2.53. The topological polar surface area (TPSA) is 52.3 Å². The van der Waals surface area contributed by atoms with Crippen molar-refractivity contribution in [3.8, 4) is 0 Å². The van der Waals surface area contributed by atoms with Crippen molar-refractivity contribution in [3.63, 3.8) is 0 Å². The van der Waals surface area contributed by atoms with Crippen LogP contribution in [0, 0.1) is 6.92 Å². The molecule has 0 fully saturated rings. The van der Waals surface area contributed by atoms with Crippen molar-refractivity contribution in [2.24, 2.45) is 5.73 Å². The summed E-state index contributed by atoms with van der Waals surface area (Å²) < 4.78 is 4.90. The van der Waals surface area contributed by atoms with E-state index in [9.17, 15) is 4.79 Å². The van der Waals surface area contributed by atoms with Crippen molar-refractivity contribution in [2.75, 3.05) is 6.61 Å². The molecule has 0 heterocycles. The van der Waals surface area contributed by atoms with Gasteiger partial charge in [-0.15, -0.1) is 0 Å². The van der Waals surface area contributed by atoms with Crippen LogP contribution in [0.25, 0.3) is 0 Å². The number of benzene rings is 1. The van der Waals surface area contributed by atoms with Crippen LogP contribution in [0.4, 0.5) is 0 Å². The number of carbonyl (C=O) groups excluding carboxylic acids is 1. The lowest BCUT2D eigenvalue weighted by Crippen LogP contribution is -2.36. The maximum Gasteiger partial charge on any atom is 0.307 e. The molecule has 3 nitrogen and oxygen atoms in total. The molecule has 0 aliphatic carbocycles. The van der Waals surface area contributed by atoms with Crippen LogP contribution in [0.3, 0.4) is 0 Å². The molecule has 0 saturated carbocycles. The van der Waals surface area contributed by atoms with Gasteiger partial charge in [-0.3, -0.25) is 4.79 Å².